The summed E-state index contributed by atoms with van der Waals surface area (Å²) in [6.45, 7) is 12.6. The van der Waals surface area contributed by atoms with Gasteiger partial charge >= 0.3 is 6.18 Å². The first-order valence-corrected chi connectivity index (χ1v) is 10.9. The summed E-state index contributed by atoms with van der Waals surface area (Å²) in [5, 5.41) is 3.27. The van der Waals surface area contributed by atoms with Gasteiger partial charge in [-0.15, -0.1) is 0 Å². The lowest BCUT2D eigenvalue weighted by Crippen LogP contribution is -2.44. The molecule has 1 saturated heterocycles. The van der Waals surface area contributed by atoms with Crippen molar-refractivity contribution in [3.8, 4) is 0 Å². The van der Waals surface area contributed by atoms with Crippen molar-refractivity contribution in [2.24, 2.45) is 5.92 Å². The molecule has 1 aromatic rings. The minimum absolute atomic E-state index is 0.236. The standard InChI is InChI=1S/C20H32F3N3OS/c1-14(2)12-17(25-28(27)19(3,4)5)16-13-15(20(21,22)23)6-7-18(16)26-10-8-24-9-11-26/h6-7,13-14,17,24-25H,8-12H2,1-5H3/t17?,28-/m0/s1. The van der Waals surface area contributed by atoms with Crippen LogP contribution < -0.4 is 14.9 Å². The zero-order valence-corrected chi connectivity index (χ0v) is 18.1. The largest absolute Gasteiger partial charge is 0.416 e. The highest BCUT2D eigenvalue weighted by Gasteiger charge is 2.33. The molecule has 0 saturated carbocycles. The normalized spacial score (nSPS) is 18.4. The van der Waals surface area contributed by atoms with Crippen molar-refractivity contribution in [2.45, 2.75) is 58.0 Å². The van der Waals surface area contributed by atoms with Crippen molar-refractivity contribution in [2.75, 3.05) is 31.1 Å². The molecule has 2 rings (SSSR count). The molecular formula is C20H32F3N3OS. The van der Waals surface area contributed by atoms with Crippen LogP contribution in [0.5, 0.6) is 0 Å². The molecule has 1 unspecified atom stereocenters. The van der Waals surface area contributed by atoms with Crippen LogP contribution in [0.3, 0.4) is 0 Å². The summed E-state index contributed by atoms with van der Waals surface area (Å²) < 4.78 is 55.6. The van der Waals surface area contributed by atoms with Crippen LogP contribution in [0.4, 0.5) is 18.9 Å². The lowest BCUT2D eigenvalue weighted by atomic mass is 9.94. The number of halogens is 3. The highest BCUT2D eigenvalue weighted by atomic mass is 32.2. The molecule has 0 radical (unpaired) electrons. The van der Waals surface area contributed by atoms with Gasteiger partial charge in [-0.3, -0.25) is 0 Å². The van der Waals surface area contributed by atoms with Gasteiger partial charge in [0.25, 0.3) is 0 Å². The second-order valence-electron chi connectivity index (χ2n) is 8.69. The van der Waals surface area contributed by atoms with Crippen molar-refractivity contribution in [1.29, 1.82) is 0 Å². The summed E-state index contributed by atoms with van der Waals surface area (Å²) in [6, 6.07) is 3.52. The average Bonchev–Trinajstić information content (AvgIpc) is 2.59. The Morgan fingerprint density at radius 3 is 2.29 bits per heavy atom. The molecule has 1 heterocycles. The molecule has 1 aliphatic heterocycles. The van der Waals surface area contributed by atoms with Crippen LogP contribution in [0, 0.1) is 5.92 Å². The lowest BCUT2D eigenvalue weighted by molar-refractivity contribution is -0.137. The fourth-order valence-electron chi connectivity index (χ4n) is 3.22. The topological polar surface area (TPSA) is 44.4 Å². The van der Waals surface area contributed by atoms with Gasteiger partial charge in [-0.2, -0.15) is 13.2 Å². The quantitative estimate of drug-likeness (QED) is 0.724. The van der Waals surface area contributed by atoms with Crippen LogP contribution in [0.25, 0.3) is 0 Å². The summed E-state index contributed by atoms with van der Waals surface area (Å²) in [7, 11) is -1.39. The van der Waals surface area contributed by atoms with Gasteiger partial charge in [-0.25, -0.2) is 8.93 Å². The van der Waals surface area contributed by atoms with E-state index in [2.05, 4.69) is 14.9 Å². The number of alkyl halides is 3. The third kappa shape index (κ3) is 6.19. The molecule has 160 valence electrons. The minimum Gasteiger partial charge on any atom is -0.369 e. The predicted octanol–water partition coefficient (Wildman–Crippen LogP) is 4.25. The molecule has 0 aliphatic carbocycles. The maximum atomic E-state index is 13.4. The Hall–Kier alpha value is -1.12. The summed E-state index contributed by atoms with van der Waals surface area (Å²) >= 11 is 0. The molecule has 1 aliphatic rings. The number of rotatable bonds is 6. The van der Waals surface area contributed by atoms with Gasteiger partial charge < -0.3 is 10.2 Å². The first-order valence-electron chi connectivity index (χ1n) is 9.74. The number of benzene rings is 1. The van der Waals surface area contributed by atoms with Crippen LogP contribution in [0.15, 0.2) is 18.2 Å². The number of nitrogens with zero attached hydrogens (tertiary/aromatic N) is 1. The van der Waals surface area contributed by atoms with Gasteiger partial charge in [0.2, 0.25) is 0 Å². The third-order valence-electron chi connectivity index (χ3n) is 4.70. The van der Waals surface area contributed by atoms with Crippen molar-refractivity contribution < 1.29 is 17.4 Å². The molecule has 1 aromatic carbocycles. The molecule has 0 spiro atoms. The fraction of sp³-hybridized carbons (Fsp3) is 0.700. The maximum Gasteiger partial charge on any atom is 0.416 e. The second-order valence-corrected chi connectivity index (χ2v) is 10.7. The van der Waals surface area contributed by atoms with Crippen LogP contribution in [-0.4, -0.2) is 35.1 Å². The predicted molar refractivity (Wildman–Crippen MR) is 110 cm³/mol. The Balaban J connectivity index is 2.51. The van der Waals surface area contributed by atoms with E-state index in [0.29, 0.717) is 12.0 Å². The van der Waals surface area contributed by atoms with E-state index in [1.54, 1.807) is 6.07 Å². The lowest BCUT2D eigenvalue weighted by Gasteiger charge is -2.34. The van der Waals surface area contributed by atoms with Crippen LogP contribution in [0.2, 0.25) is 0 Å². The average molecular weight is 420 g/mol. The van der Waals surface area contributed by atoms with Crippen LogP contribution in [0.1, 0.15) is 58.2 Å². The zero-order valence-electron chi connectivity index (χ0n) is 17.3. The first-order chi connectivity index (χ1) is 12.9. The van der Waals surface area contributed by atoms with Crippen molar-refractivity contribution in [3.63, 3.8) is 0 Å². The molecule has 0 amide bonds. The third-order valence-corrected chi connectivity index (χ3v) is 6.31. The fourth-order valence-corrected chi connectivity index (χ4v) is 4.05. The number of nitrogens with one attached hydrogen (secondary N) is 2. The molecule has 8 heteroatoms. The minimum atomic E-state index is -4.41. The summed E-state index contributed by atoms with van der Waals surface area (Å²) in [5.74, 6) is 0.236. The monoisotopic (exact) mass is 419 g/mol. The number of piperazine rings is 1. The van der Waals surface area contributed by atoms with Gasteiger partial charge in [-0.1, -0.05) is 13.8 Å². The summed E-state index contributed by atoms with van der Waals surface area (Å²) in [6.07, 6.45) is -3.81. The van der Waals surface area contributed by atoms with Gasteiger partial charge in [0, 0.05) is 37.9 Å². The SMILES string of the molecule is CC(C)CC(N[S@@](=O)C(C)(C)C)c1cc(C(F)(F)F)ccc1N1CCNCC1. The maximum absolute atomic E-state index is 13.4. The van der Waals surface area contributed by atoms with E-state index < -0.39 is 33.5 Å². The zero-order chi connectivity index (χ0) is 21.1. The Kier molecular flexibility index (Phi) is 7.56. The first kappa shape index (κ1) is 23.2. The van der Waals surface area contributed by atoms with E-state index in [4.69, 9.17) is 0 Å². The Morgan fingerprint density at radius 2 is 1.79 bits per heavy atom. The smallest absolute Gasteiger partial charge is 0.369 e. The molecule has 28 heavy (non-hydrogen) atoms. The van der Waals surface area contributed by atoms with Crippen molar-refractivity contribution in [3.05, 3.63) is 29.3 Å². The molecule has 2 atom stereocenters. The van der Waals surface area contributed by atoms with Gasteiger partial charge in [0.1, 0.15) is 0 Å². The van der Waals surface area contributed by atoms with E-state index >= 15 is 0 Å². The molecule has 4 nitrogen and oxygen atoms in total. The van der Waals surface area contributed by atoms with Gasteiger partial charge in [0.15, 0.2) is 0 Å². The van der Waals surface area contributed by atoms with E-state index in [1.807, 2.05) is 34.6 Å². The Labute approximate surface area is 168 Å². The van der Waals surface area contributed by atoms with Crippen LogP contribution in [-0.2, 0) is 17.2 Å². The Morgan fingerprint density at radius 1 is 1.18 bits per heavy atom. The van der Waals surface area contributed by atoms with Gasteiger partial charge in [0.05, 0.1) is 21.3 Å². The molecule has 0 bridgehead atoms. The van der Waals surface area contributed by atoms with Crippen molar-refractivity contribution in [1.82, 2.24) is 10.0 Å². The summed E-state index contributed by atoms with van der Waals surface area (Å²) in [4.78, 5) is 2.11. The van der Waals surface area contributed by atoms with E-state index in [-0.39, 0.29) is 5.92 Å². The molecule has 1 fully saturated rings. The van der Waals surface area contributed by atoms with E-state index in [1.165, 1.54) is 6.07 Å². The highest BCUT2D eigenvalue weighted by Crippen LogP contribution is 2.37. The number of anilines is 1. The highest BCUT2D eigenvalue weighted by molar-refractivity contribution is 7.84. The number of hydrogen-bond donors (Lipinski definition) is 2. The second kappa shape index (κ2) is 9.13. The van der Waals surface area contributed by atoms with E-state index in [0.717, 1.165) is 37.9 Å². The molecule has 2 N–H and O–H groups in total. The summed E-state index contributed by atoms with van der Waals surface area (Å²) in [5.41, 5.74) is 0.695. The van der Waals surface area contributed by atoms with Crippen LogP contribution >= 0.6 is 0 Å². The molecule has 0 aromatic heterocycles. The molecular weight excluding hydrogens is 387 g/mol. The number of hydrogen-bond acceptors (Lipinski definition) is 3. The van der Waals surface area contributed by atoms with Gasteiger partial charge in [-0.05, 0) is 56.9 Å². The van der Waals surface area contributed by atoms with E-state index in [9.17, 15) is 17.4 Å². The van der Waals surface area contributed by atoms with Crippen molar-refractivity contribution >= 4 is 16.7 Å². The Bertz CT molecular complexity index is 680.